The van der Waals surface area contributed by atoms with Gasteiger partial charge < -0.3 is 30.9 Å². The molecular weight excluding hydrogens is 477 g/mol. The van der Waals surface area contributed by atoms with Crippen LogP contribution in [0.5, 0.6) is 0 Å². The minimum Gasteiger partial charge on any atom is -0.453 e. The average molecular weight is 516 g/mol. The lowest BCUT2D eigenvalue weighted by atomic mass is 9.72. The van der Waals surface area contributed by atoms with Crippen molar-refractivity contribution in [2.45, 2.75) is 50.7 Å². The van der Waals surface area contributed by atoms with Crippen LogP contribution in [0.15, 0.2) is 42.5 Å². The van der Waals surface area contributed by atoms with Crippen LogP contribution in [-0.2, 0) is 21.6 Å². The maximum absolute atomic E-state index is 15.5. The Labute approximate surface area is 217 Å². The number of alkyl carbamates (subject to hydrolysis) is 1. The van der Waals surface area contributed by atoms with Gasteiger partial charge in [-0.1, -0.05) is 43.3 Å². The molecule has 202 valence electrons. The van der Waals surface area contributed by atoms with Crippen molar-refractivity contribution in [3.8, 4) is 11.1 Å². The van der Waals surface area contributed by atoms with E-state index < -0.39 is 36.1 Å². The number of nitrogens with two attached hydrogens (primary N) is 1. The number of hydrogen-bond acceptors (Lipinski definition) is 6. The van der Waals surface area contributed by atoms with Crippen LogP contribution in [0.25, 0.3) is 11.1 Å². The van der Waals surface area contributed by atoms with Gasteiger partial charge in [-0.2, -0.15) is 0 Å². The van der Waals surface area contributed by atoms with E-state index in [4.69, 9.17) is 5.73 Å². The molecule has 9 heteroatoms. The number of halogens is 1. The van der Waals surface area contributed by atoms with Gasteiger partial charge in [0.15, 0.2) is 0 Å². The molecule has 0 bridgehead atoms. The van der Waals surface area contributed by atoms with Crippen molar-refractivity contribution in [1.82, 2.24) is 10.2 Å². The van der Waals surface area contributed by atoms with E-state index in [1.807, 2.05) is 31.2 Å². The predicted molar refractivity (Wildman–Crippen MR) is 139 cm³/mol. The lowest BCUT2D eigenvalue weighted by Crippen LogP contribution is -2.53. The number of aliphatic hydroxyl groups excluding tert-OH is 1. The van der Waals surface area contributed by atoms with Crippen LogP contribution in [0.3, 0.4) is 0 Å². The molecule has 3 rings (SSSR count). The van der Waals surface area contributed by atoms with Crippen molar-refractivity contribution in [3.63, 3.8) is 0 Å². The molecule has 2 aromatic rings. The Morgan fingerprint density at radius 2 is 2.05 bits per heavy atom. The van der Waals surface area contributed by atoms with Crippen LogP contribution < -0.4 is 11.1 Å². The number of aryl methyl sites for hydroxylation is 1. The molecular formula is C28H38FN3O5. The molecule has 1 aliphatic heterocycles. The molecule has 0 aliphatic carbocycles. The van der Waals surface area contributed by atoms with Crippen molar-refractivity contribution in [3.05, 3.63) is 59.4 Å². The number of carbonyl (C=O) groups is 2. The van der Waals surface area contributed by atoms with Crippen LogP contribution in [-0.4, -0.2) is 66.5 Å². The quantitative estimate of drug-likeness (QED) is 0.361. The topological polar surface area (TPSA) is 125 Å². The van der Waals surface area contributed by atoms with Crippen molar-refractivity contribution >= 4 is 12.0 Å². The SMILES string of the molecule is CCc1cccc(-c2c(F)cccc2C(O)(CCCNC(=O)OC)C2CCCN(C(=O)[C@@H](N)CO)C2)c1. The van der Waals surface area contributed by atoms with E-state index in [0.29, 0.717) is 42.5 Å². The van der Waals surface area contributed by atoms with E-state index in [2.05, 4.69) is 10.1 Å². The summed E-state index contributed by atoms with van der Waals surface area (Å²) >= 11 is 0. The maximum atomic E-state index is 15.5. The highest BCUT2D eigenvalue weighted by atomic mass is 19.1. The molecule has 1 saturated heterocycles. The number of nitrogens with one attached hydrogen (secondary N) is 1. The van der Waals surface area contributed by atoms with Gasteiger partial charge in [0.25, 0.3) is 0 Å². The number of hydrogen-bond donors (Lipinski definition) is 4. The van der Waals surface area contributed by atoms with Crippen LogP contribution in [0, 0.1) is 11.7 Å². The van der Waals surface area contributed by atoms with Crippen LogP contribution in [0.4, 0.5) is 9.18 Å². The number of piperidine rings is 1. The summed E-state index contributed by atoms with van der Waals surface area (Å²) in [6, 6.07) is 11.3. The lowest BCUT2D eigenvalue weighted by Gasteiger charge is -2.44. The van der Waals surface area contributed by atoms with E-state index in [0.717, 1.165) is 12.0 Å². The smallest absolute Gasteiger partial charge is 0.406 e. The highest BCUT2D eigenvalue weighted by molar-refractivity contribution is 5.82. The number of carbonyl (C=O) groups excluding carboxylic acids is 2. The minimum atomic E-state index is -1.50. The van der Waals surface area contributed by atoms with Gasteiger partial charge in [0.05, 0.1) is 19.3 Å². The molecule has 1 fully saturated rings. The van der Waals surface area contributed by atoms with Gasteiger partial charge in [0, 0.05) is 31.1 Å². The Morgan fingerprint density at radius 3 is 2.76 bits per heavy atom. The zero-order valence-electron chi connectivity index (χ0n) is 21.6. The van der Waals surface area contributed by atoms with Gasteiger partial charge in [-0.15, -0.1) is 0 Å². The van der Waals surface area contributed by atoms with Crippen LogP contribution in [0.2, 0.25) is 0 Å². The van der Waals surface area contributed by atoms with Crippen molar-refractivity contribution in [1.29, 1.82) is 0 Å². The maximum Gasteiger partial charge on any atom is 0.406 e. The molecule has 0 spiro atoms. The Hall–Kier alpha value is -3.01. The van der Waals surface area contributed by atoms with Gasteiger partial charge >= 0.3 is 6.09 Å². The van der Waals surface area contributed by atoms with Crippen LogP contribution >= 0.6 is 0 Å². The summed E-state index contributed by atoms with van der Waals surface area (Å²) in [5, 5.41) is 24.4. The first-order valence-corrected chi connectivity index (χ1v) is 12.8. The first-order chi connectivity index (χ1) is 17.7. The second-order valence-corrected chi connectivity index (χ2v) is 9.57. The molecule has 1 heterocycles. The summed E-state index contributed by atoms with van der Waals surface area (Å²) in [5.41, 5.74) is 6.79. The average Bonchev–Trinajstić information content (AvgIpc) is 2.94. The van der Waals surface area contributed by atoms with E-state index >= 15 is 4.39 Å². The van der Waals surface area contributed by atoms with Gasteiger partial charge in [0.2, 0.25) is 5.91 Å². The number of nitrogens with zero attached hydrogens (tertiary/aromatic N) is 1. The molecule has 2 unspecified atom stereocenters. The van der Waals surface area contributed by atoms with Gasteiger partial charge in [-0.3, -0.25) is 4.79 Å². The van der Waals surface area contributed by atoms with Gasteiger partial charge in [0.1, 0.15) is 11.9 Å². The molecule has 0 radical (unpaired) electrons. The van der Waals surface area contributed by atoms with E-state index in [1.54, 1.807) is 17.0 Å². The summed E-state index contributed by atoms with van der Waals surface area (Å²) in [7, 11) is 1.28. The second-order valence-electron chi connectivity index (χ2n) is 9.57. The fourth-order valence-electron chi connectivity index (χ4n) is 5.18. The Balaban J connectivity index is 2.03. The third-order valence-electron chi connectivity index (χ3n) is 7.22. The van der Waals surface area contributed by atoms with E-state index in [-0.39, 0.29) is 25.4 Å². The molecule has 1 aliphatic rings. The number of methoxy groups -OCH3 is 1. The summed E-state index contributed by atoms with van der Waals surface area (Å²) < 4.78 is 20.1. The highest BCUT2D eigenvalue weighted by Gasteiger charge is 2.43. The monoisotopic (exact) mass is 515 g/mol. The summed E-state index contributed by atoms with van der Waals surface area (Å²) in [6.07, 6.45) is 2.08. The Bertz CT molecular complexity index is 1080. The van der Waals surface area contributed by atoms with Gasteiger partial charge in [-0.05, 0) is 54.9 Å². The number of ether oxygens (including phenoxy) is 1. The number of amides is 2. The number of aliphatic hydroxyl groups is 2. The first-order valence-electron chi connectivity index (χ1n) is 12.8. The largest absolute Gasteiger partial charge is 0.453 e. The Morgan fingerprint density at radius 1 is 1.30 bits per heavy atom. The molecule has 8 nitrogen and oxygen atoms in total. The molecule has 3 atom stereocenters. The predicted octanol–water partition coefficient (Wildman–Crippen LogP) is 2.94. The summed E-state index contributed by atoms with van der Waals surface area (Å²) in [6.45, 7) is 2.51. The lowest BCUT2D eigenvalue weighted by molar-refractivity contribution is -0.139. The van der Waals surface area contributed by atoms with E-state index in [1.165, 1.54) is 13.2 Å². The molecule has 2 amide bonds. The summed E-state index contributed by atoms with van der Waals surface area (Å²) in [5.74, 6) is -1.23. The van der Waals surface area contributed by atoms with E-state index in [9.17, 15) is 19.8 Å². The number of rotatable bonds is 10. The molecule has 2 aromatic carbocycles. The fraction of sp³-hybridized carbons (Fsp3) is 0.500. The minimum absolute atomic E-state index is 0.221. The normalized spacial score (nSPS) is 18.1. The molecule has 0 saturated carbocycles. The third-order valence-corrected chi connectivity index (χ3v) is 7.22. The van der Waals surface area contributed by atoms with Gasteiger partial charge in [-0.25, -0.2) is 9.18 Å². The highest BCUT2D eigenvalue weighted by Crippen LogP contribution is 2.44. The fourth-order valence-corrected chi connectivity index (χ4v) is 5.18. The second kappa shape index (κ2) is 13.0. The zero-order valence-corrected chi connectivity index (χ0v) is 21.6. The number of likely N-dealkylation sites (tertiary alicyclic amines) is 1. The summed E-state index contributed by atoms with van der Waals surface area (Å²) in [4.78, 5) is 25.9. The first kappa shape index (κ1) is 28.6. The van der Waals surface area contributed by atoms with Crippen molar-refractivity contribution in [2.24, 2.45) is 11.7 Å². The Kier molecular flexibility index (Phi) is 10.0. The number of benzene rings is 2. The van der Waals surface area contributed by atoms with Crippen molar-refractivity contribution < 1.29 is 28.9 Å². The third kappa shape index (κ3) is 6.66. The molecule has 5 N–H and O–H groups in total. The zero-order chi connectivity index (χ0) is 27.0. The van der Waals surface area contributed by atoms with Crippen LogP contribution in [0.1, 0.15) is 43.7 Å². The molecule has 0 aromatic heterocycles. The standard InChI is InChI=1S/C28H38FN3O5/c1-3-19-8-4-9-20(16-19)25-22(11-5-12-23(25)29)28(36,13-7-14-31-27(35)37-2)21-10-6-15-32(17-21)26(34)24(30)18-33/h4-5,8-9,11-12,16,21,24,33,36H,3,6-7,10,13-15,17-18,30H2,1-2H3,(H,31,35)/t21?,24-,28?/m0/s1. The van der Waals surface area contributed by atoms with Crippen molar-refractivity contribution in [2.75, 3.05) is 33.4 Å². The molecule has 37 heavy (non-hydrogen) atoms.